The fourth-order valence-corrected chi connectivity index (χ4v) is 3.74. The van der Waals surface area contributed by atoms with Crippen LogP contribution in [0.15, 0.2) is 28.1 Å². The van der Waals surface area contributed by atoms with Gasteiger partial charge in [0.25, 0.3) is 5.91 Å². The van der Waals surface area contributed by atoms with Crippen LogP contribution in [0.3, 0.4) is 0 Å². The molecule has 1 aromatic carbocycles. The van der Waals surface area contributed by atoms with E-state index in [1.54, 1.807) is 14.2 Å². The molecule has 1 aliphatic heterocycles. The largest absolute Gasteiger partial charge is 0.493 e. The van der Waals surface area contributed by atoms with Crippen LogP contribution in [-0.2, 0) is 4.79 Å². The molecular formula is C17H20N2O3S. The minimum atomic E-state index is -0.114. The van der Waals surface area contributed by atoms with E-state index < -0.39 is 0 Å². The van der Waals surface area contributed by atoms with Crippen molar-refractivity contribution in [2.45, 2.75) is 31.7 Å². The van der Waals surface area contributed by atoms with Crippen LogP contribution in [0.4, 0.5) is 0 Å². The van der Waals surface area contributed by atoms with Gasteiger partial charge in [0.1, 0.15) is 0 Å². The third kappa shape index (κ3) is 3.52. The van der Waals surface area contributed by atoms with Gasteiger partial charge in [-0.05, 0) is 36.7 Å². The van der Waals surface area contributed by atoms with E-state index in [-0.39, 0.29) is 5.91 Å². The topological polar surface area (TPSA) is 59.9 Å². The van der Waals surface area contributed by atoms with Gasteiger partial charge in [-0.25, -0.2) is 0 Å². The van der Waals surface area contributed by atoms with E-state index in [4.69, 9.17) is 9.47 Å². The summed E-state index contributed by atoms with van der Waals surface area (Å²) in [6.45, 7) is 0. The van der Waals surface area contributed by atoms with Gasteiger partial charge in [0.2, 0.25) is 0 Å². The zero-order chi connectivity index (χ0) is 16.2. The van der Waals surface area contributed by atoms with Crippen LogP contribution in [0, 0.1) is 0 Å². The smallest absolute Gasteiger partial charge is 0.264 e. The molecule has 1 heterocycles. The van der Waals surface area contributed by atoms with E-state index in [0.29, 0.717) is 27.6 Å². The van der Waals surface area contributed by atoms with Crippen LogP contribution in [-0.4, -0.2) is 31.3 Å². The quantitative estimate of drug-likeness (QED) is 0.860. The molecule has 6 heteroatoms. The zero-order valence-corrected chi connectivity index (χ0v) is 14.1. The Hall–Kier alpha value is -1.95. The number of carbonyl (C=O) groups is 1. The molecule has 0 radical (unpaired) electrons. The fraction of sp³-hybridized carbons (Fsp3) is 0.412. The summed E-state index contributed by atoms with van der Waals surface area (Å²) in [4.78, 5) is 17.4. The Morgan fingerprint density at radius 1 is 1.26 bits per heavy atom. The summed E-state index contributed by atoms with van der Waals surface area (Å²) < 4.78 is 10.7. The number of nitrogens with one attached hydrogen (secondary N) is 1. The van der Waals surface area contributed by atoms with Crippen molar-refractivity contribution >= 4 is 28.9 Å². The maximum atomic E-state index is 12.2. The van der Waals surface area contributed by atoms with E-state index in [2.05, 4.69) is 10.3 Å². The van der Waals surface area contributed by atoms with Crippen molar-refractivity contribution in [1.82, 2.24) is 5.32 Å². The van der Waals surface area contributed by atoms with Crippen LogP contribution in [0.2, 0.25) is 0 Å². The molecule has 1 aromatic rings. The number of hydrogen-bond donors (Lipinski definition) is 1. The van der Waals surface area contributed by atoms with Crippen molar-refractivity contribution in [3.8, 4) is 11.5 Å². The second-order valence-electron chi connectivity index (χ2n) is 5.52. The summed E-state index contributed by atoms with van der Waals surface area (Å²) >= 11 is 1.39. The number of amides is 1. The summed E-state index contributed by atoms with van der Waals surface area (Å²) in [7, 11) is 3.19. The van der Waals surface area contributed by atoms with Crippen LogP contribution in [0.1, 0.15) is 31.2 Å². The van der Waals surface area contributed by atoms with Crippen LogP contribution in [0.5, 0.6) is 11.5 Å². The first-order valence-corrected chi connectivity index (χ1v) is 8.52. The Kier molecular flexibility index (Phi) is 4.91. The molecule has 3 rings (SSSR count). The molecule has 0 spiro atoms. The molecule has 122 valence electrons. The first-order chi connectivity index (χ1) is 11.2. The Balaban J connectivity index is 1.84. The molecule has 1 aliphatic carbocycles. The number of aliphatic imine (C=N–C) groups is 1. The van der Waals surface area contributed by atoms with E-state index in [9.17, 15) is 4.79 Å². The highest BCUT2D eigenvalue weighted by Crippen LogP contribution is 2.35. The van der Waals surface area contributed by atoms with Crippen molar-refractivity contribution < 1.29 is 14.3 Å². The van der Waals surface area contributed by atoms with Gasteiger partial charge in [-0.2, -0.15) is 0 Å². The molecule has 2 fully saturated rings. The van der Waals surface area contributed by atoms with Crippen molar-refractivity contribution in [3.05, 3.63) is 28.7 Å². The van der Waals surface area contributed by atoms with E-state index in [1.165, 1.54) is 24.6 Å². The van der Waals surface area contributed by atoms with E-state index in [1.807, 2.05) is 24.3 Å². The first-order valence-electron chi connectivity index (χ1n) is 7.71. The lowest BCUT2D eigenvalue weighted by Crippen LogP contribution is -2.21. The predicted molar refractivity (Wildman–Crippen MR) is 92.9 cm³/mol. The maximum Gasteiger partial charge on any atom is 0.264 e. The van der Waals surface area contributed by atoms with Gasteiger partial charge in [0.05, 0.1) is 25.2 Å². The number of hydrogen-bond acceptors (Lipinski definition) is 5. The molecule has 1 N–H and O–H groups in total. The molecule has 0 bridgehead atoms. The molecule has 1 saturated carbocycles. The Bertz CT molecular complexity index is 664. The summed E-state index contributed by atoms with van der Waals surface area (Å²) in [6.07, 6.45) is 6.50. The minimum absolute atomic E-state index is 0.114. The SMILES string of the molecule is COc1cccc(C=C2SC(=NC3CCCC3)NC2=O)c1OC. The van der Waals surface area contributed by atoms with Crippen molar-refractivity contribution in [3.63, 3.8) is 0 Å². The van der Waals surface area contributed by atoms with E-state index in [0.717, 1.165) is 18.4 Å². The molecular weight excluding hydrogens is 312 g/mol. The molecule has 5 nitrogen and oxygen atoms in total. The Labute approximate surface area is 140 Å². The summed E-state index contributed by atoms with van der Waals surface area (Å²) in [5.74, 6) is 1.15. The number of benzene rings is 1. The number of carbonyl (C=O) groups excluding carboxylic acids is 1. The number of methoxy groups -OCH3 is 2. The lowest BCUT2D eigenvalue weighted by molar-refractivity contribution is -0.115. The van der Waals surface area contributed by atoms with Gasteiger partial charge in [-0.1, -0.05) is 25.0 Å². The van der Waals surface area contributed by atoms with Gasteiger partial charge >= 0.3 is 0 Å². The Morgan fingerprint density at radius 2 is 2.04 bits per heavy atom. The third-order valence-electron chi connectivity index (χ3n) is 4.00. The van der Waals surface area contributed by atoms with Crippen molar-refractivity contribution in [2.24, 2.45) is 4.99 Å². The number of para-hydroxylation sites is 1. The van der Waals surface area contributed by atoms with Crippen molar-refractivity contribution in [2.75, 3.05) is 14.2 Å². The summed E-state index contributed by atoms with van der Waals surface area (Å²) in [5.41, 5.74) is 0.812. The van der Waals surface area contributed by atoms with Gasteiger partial charge < -0.3 is 14.8 Å². The molecule has 23 heavy (non-hydrogen) atoms. The first kappa shape index (κ1) is 15.9. The monoisotopic (exact) mass is 332 g/mol. The van der Waals surface area contributed by atoms with E-state index >= 15 is 0 Å². The molecule has 0 aromatic heterocycles. The third-order valence-corrected chi connectivity index (χ3v) is 4.92. The zero-order valence-electron chi connectivity index (χ0n) is 13.3. The minimum Gasteiger partial charge on any atom is -0.493 e. The average molecular weight is 332 g/mol. The molecule has 0 unspecified atom stereocenters. The molecule has 0 atom stereocenters. The predicted octanol–water partition coefficient (Wildman–Crippen LogP) is 3.21. The molecule has 1 amide bonds. The normalized spacial score (nSPS) is 21.9. The summed E-state index contributed by atoms with van der Waals surface area (Å²) in [5, 5.41) is 3.55. The highest BCUT2D eigenvalue weighted by atomic mass is 32.2. The summed E-state index contributed by atoms with van der Waals surface area (Å²) in [6, 6.07) is 5.95. The standard InChI is InChI=1S/C17H20N2O3S/c1-21-13-9-5-6-11(15(13)22-2)10-14-16(20)19-17(23-14)18-12-7-3-4-8-12/h5-6,9-10,12H,3-4,7-8H2,1-2H3,(H,18,19,20). The Morgan fingerprint density at radius 3 is 2.74 bits per heavy atom. The van der Waals surface area contributed by atoms with Gasteiger partial charge in [0.15, 0.2) is 16.7 Å². The second kappa shape index (κ2) is 7.08. The number of nitrogens with zero attached hydrogens (tertiary/aromatic N) is 1. The lowest BCUT2D eigenvalue weighted by atomic mass is 10.1. The fourth-order valence-electron chi connectivity index (χ4n) is 2.85. The van der Waals surface area contributed by atoms with Crippen LogP contribution in [0.25, 0.3) is 6.08 Å². The number of rotatable bonds is 4. The number of ether oxygens (including phenoxy) is 2. The van der Waals surface area contributed by atoms with Crippen LogP contribution < -0.4 is 14.8 Å². The lowest BCUT2D eigenvalue weighted by Gasteiger charge is -2.10. The average Bonchev–Trinajstić information content (AvgIpc) is 3.17. The van der Waals surface area contributed by atoms with Crippen LogP contribution >= 0.6 is 11.8 Å². The van der Waals surface area contributed by atoms with Gasteiger partial charge in [0, 0.05) is 5.56 Å². The highest BCUT2D eigenvalue weighted by molar-refractivity contribution is 8.18. The number of thioether (sulfide) groups is 1. The number of amidine groups is 1. The maximum absolute atomic E-state index is 12.2. The highest BCUT2D eigenvalue weighted by Gasteiger charge is 2.26. The van der Waals surface area contributed by atoms with Gasteiger partial charge in [-0.15, -0.1) is 0 Å². The van der Waals surface area contributed by atoms with Crippen molar-refractivity contribution in [1.29, 1.82) is 0 Å². The van der Waals surface area contributed by atoms with Gasteiger partial charge in [-0.3, -0.25) is 9.79 Å². The molecule has 1 saturated heterocycles. The second-order valence-corrected chi connectivity index (χ2v) is 6.55. The molecule has 2 aliphatic rings.